The van der Waals surface area contributed by atoms with Gasteiger partial charge in [-0.3, -0.25) is 4.79 Å². The molecule has 0 radical (unpaired) electrons. The van der Waals surface area contributed by atoms with E-state index in [-0.39, 0.29) is 32.5 Å². The molecule has 24 heavy (non-hydrogen) atoms. The molecule has 8 heteroatoms. The average molecular weight is 344 g/mol. The van der Waals surface area contributed by atoms with Gasteiger partial charge in [0.2, 0.25) is 0 Å². The van der Waals surface area contributed by atoms with Gasteiger partial charge in [-0.15, -0.1) is 0 Å². The quantitative estimate of drug-likeness (QED) is 0.786. The number of alkyl halides is 3. The van der Waals surface area contributed by atoms with Crippen LogP contribution in [0, 0.1) is 0 Å². The minimum atomic E-state index is -4.48. The zero-order valence-electron chi connectivity index (χ0n) is 13.1. The van der Waals surface area contributed by atoms with E-state index in [4.69, 9.17) is 4.74 Å². The first-order valence-corrected chi connectivity index (χ1v) is 7.41. The van der Waals surface area contributed by atoms with Crippen LogP contribution >= 0.6 is 0 Å². The van der Waals surface area contributed by atoms with Crippen molar-refractivity contribution in [3.8, 4) is 0 Å². The van der Waals surface area contributed by atoms with Gasteiger partial charge in [-0.1, -0.05) is 18.2 Å². The van der Waals surface area contributed by atoms with E-state index >= 15 is 0 Å². The van der Waals surface area contributed by atoms with Gasteiger partial charge in [0.15, 0.2) is 0 Å². The number of esters is 1. The Morgan fingerprint density at radius 2 is 1.92 bits per heavy atom. The van der Waals surface area contributed by atoms with Crippen LogP contribution in [0.3, 0.4) is 0 Å². The fourth-order valence-corrected chi connectivity index (χ4v) is 2.90. The highest BCUT2D eigenvalue weighted by Gasteiger charge is 2.39. The molecule has 1 amide bonds. The summed E-state index contributed by atoms with van der Waals surface area (Å²) in [5, 5.41) is 10.9. The van der Waals surface area contributed by atoms with Crippen molar-refractivity contribution >= 4 is 12.1 Å². The number of piperidine rings is 1. The van der Waals surface area contributed by atoms with Crippen molar-refractivity contribution in [2.24, 2.45) is 0 Å². The minimum absolute atomic E-state index is 0.0927. The number of hydrogen-bond donors (Lipinski definition) is 0. The van der Waals surface area contributed by atoms with Gasteiger partial charge < -0.3 is 19.5 Å². The molecular formula is C16H17F3NO4-. The molecule has 0 spiro atoms. The van der Waals surface area contributed by atoms with Crippen LogP contribution in [0.25, 0.3) is 0 Å². The van der Waals surface area contributed by atoms with Crippen molar-refractivity contribution in [1.29, 1.82) is 0 Å². The molecule has 132 valence electrons. The third kappa shape index (κ3) is 3.98. The van der Waals surface area contributed by atoms with Crippen molar-refractivity contribution in [3.63, 3.8) is 0 Å². The largest absolute Gasteiger partial charge is 0.530 e. The Morgan fingerprint density at radius 3 is 2.42 bits per heavy atom. The van der Waals surface area contributed by atoms with E-state index in [1.54, 1.807) is 6.07 Å². The molecule has 0 unspecified atom stereocenters. The zero-order valence-corrected chi connectivity index (χ0v) is 13.1. The Kier molecular flexibility index (Phi) is 5.05. The van der Waals surface area contributed by atoms with Gasteiger partial charge in [0, 0.05) is 25.4 Å². The van der Waals surface area contributed by atoms with Crippen LogP contribution in [0.5, 0.6) is 0 Å². The molecule has 0 saturated carbocycles. The summed E-state index contributed by atoms with van der Waals surface area (Å²) < 4.78 is 43.9. The zero-order chi connectivity index (χ0) is 18.0. The maximum Gasteiger partial charge on any atom is 0.416 e. The van der Waals surface area contributed by atoms with Crippen LogP contribution in [-0.2, 0) is 21.1 Å². The number of carboxylic acid groups (broad SMARTS) is 1. The van der Waals surface area contributed by atoms with E-state index < -0.39 is 29.2 Å². The maximum absolute atomic E-state index is 13.0. The second-order valence-electron chi connectivity index (χ2n) is 5.89. The van der Waals surface area contributed by atoms with Crippen molar-refractivity contribution in [1.82, 2.24) is 4.90 Å². The third-order valence-electron chi connectivity index (χ3n) is 4.33. The molecule has 0 aliphatic carbocycles. The molecule has 0 atom stereocenters. The number of benzene rings is 1. The van der Waals surface area contributed by atoms with Gasteiger partial charge >= 0.3 is 12.1 Å². The van der Waals surface area contributed by atoms with Crippen molar-refractivity contribution in [2.45, 2.75) is 31.4 Å². The number of halogens is 3. The Balaban J connectivity index is 2.33. The molecule has 1 aromatic rings. The molecule has 1 aliphatic heterocycles. The van der Waals surface area contributed by atoms with Crippen LogP contribution in [0.1, 0.15) is 30.9 Å². The molecule has 2 rings (SSSR count). The van der Waals surface area contributed by atoms with Gasteiger partial charge in [0.25, 0.3) is 0 Å². The number of hydrogen-bond acceptors (Lipinski definition) is 4. The van der Waals surface area contributed by atoms with Gasteiger partial charge in [-0.2, -0.15) is 13.2 Å². The predicted molar refractivity (Wildman–Crippen MR) is 76.0 cm³/mol. The van der Waals surface area contributed by atoms with E-state index in [1.807, 2.05) is 0 Å². The lowest BCUT2D eigenvalue weighted by Crippen LogP contribution is -2.51. The molecule has 1 aromatic carbocycles. The first kappa shape index (κ1) is 18.1. The van der Waals surface area contributed by atoms with Crippen LogP contribution in [-0.4, -0.2) is 36.7 Å². The van der Waals surface area contributed by atoms with Gasteiger partial charge in [0.05, 0.1) is 5.56 Å². The third-order valence-corrected chi connectivity index (χ3v) is 4.33. The fraction of sp³-hybridized carbons (Fsp3) is 0.500. The number of likely N-dealkylation sites (tertiary alicyclic amines) is 1. The molecule has 1 aliphatic rings. The predicted octanol–water partition coefficient (Wildman–Crippen LogP) is 1.95. The first-order chi connectivity index (χ1) is 11.1. The number of carbonyl (C=O) groups is 2. The number of carbonyl (C=O) groups excluding carboxylic acids is 2. The Morgan fingerprint density at radius 1 is 1.29 bits per heavy atom. The summed E-state index contributed by atoms with van der Waals surface area (Å²) in [4.78, 5) is 23.2. The van der Waals surface area contributed by atoms with Gasteiger partial charge in [-0.05, 0) is 24.5 Å². The molecule has 1 saturated heterocycles. The Hall–Kier alpha value is -2.25. The maximum atomic E-state index is 13.0. The van der Waals surface area contributed by atoms with Crippen molar-refractivity contribution in [2.75, 3.05) is 19.7 Å². The minimum Gasteiger partial charge on any atom is -0.530 e. The Bertz CT molecular complexity index is 622. The molecular weight excluding hydrogens is 327 g/mol. The van der Waals surface area contributed by atoms with E-state index in [1.165, 1.54) is 13.0 Å². The number of amides is 1. The van der Waals surface area contributed by atoms with Gasteiger partial charge in [0.1, 0.15) is 12.7 Å². The standard InChI is InChI=1S/C16H18F3NO4/c1-11(21)24-10-15(5-7-20(8-6-15)14(22)23)12-3-2-4-13(9-12)16(17,18)19/h2-4,9H,5-8,10H2,1H3,(H,22,23)/p-1. The molecule has 1 fully saturated rings. The normalized spacial score (nSPS) is 17.4. The highest BCUT2D eigenvalue weighted by atomic mass is 19.4. The lowest BCUT2D eigenvalue weighted by atomic mass is 9.73. The number of ether oxygens (including phenoxy) is 1. The van der Waals surface area contributed by atoms with Crippen LogP contribution in [0.15, 0.2) is 24.3 Å². The molecule has 0 bridgehead atoms. The van der Waals surface area contributed by atoms with Crippen LogP contribution in [0.2, 0.25) is 0 Å². The SMILES string of the molecule is CC(=O)OCC1(c2cccc(C(F)(F)F)c2)CCN(C(=O)[O-])CC1. The highest BCUT2D eigenvalue weighted by molar-refractivity contribution is 5.66. The summed E-state index contributed by atoms with van der Waals surface area (Å²) in [6, 6.07) is 4.86. The molecule has 1 heterocycles. The summed E-state index contributed by atoms with van der Waals surface area (Å²) >= 11 is 0. The monoisotopic (exact) mass is 344 g/mol. The van der Waals surface area contributed by atoms with Gasteiger partial charge in [-0.25, -0.2) is 0 Å². The van der Waals surface area contributed by atoms with Crippen molar-refractivity contribution < 1.29 is 32.6 Å². The van der Waals surface area contributed by atoms with E-state index in [0.29, 0.717) is 5.56 Å². The molecule has 5 nitrogen and oxygen atoms in total. The topological polar surface area (TPSA) is 69.7 Å². The highest BCUT2D eigenvalue weighted by Crippen LogP contribution is 2.39. The molecule has 0 aromatic heterocycles. The van der Waals surface area contributed by atoms with E-state index in [9.17, 15) is 27.9 Å². The Labute approximate surface area is 137 Å². The summed E-state index contributed by atoms with van der Waals surface area (Å²) in [5.74, 6) is -0.538. The lowest BCUT2D eigenvalue weighted by Gasteiger charge is -2.42. The van der Waals surface area contributed by atoms with E-state index in [2.05, 4.69) is 0 Å². The lowest BCUT2D eigenvalue weighted by molar-refractivity contribution is -0.267. The summed E-state index contributed by atoms with van der Waals surface area (Å²) in [5.41, 5.74) is -1.25. The average Bonchev–Trinajstić information content (AvgIpc) is 2.52. The summed E-state index contributed by atoms with van der Waals surface area (Å²) in [6.45, 7) is 1.35. The molecule has 0 N–H and O–H groups in total. The second-order valence-corrected chi connectivity index (χ2v) is 5.89. The fourth-order valence-electron chi connectivity index (χ4n) is 2.90. The smallest absolute Gasteiger partial charge is 0.416 e. The second kappa shape index (κ2) is 6.70. The summed E-state index contributed by atoms with van der Waals surface area (Å²) in [7, 11) is 0. The number of rotatable bonds is 3. The first-order valence-electron chi connectivity index (χ1n) is 7.41. The van der Waals surface area contributed by atoms with E-state index in [0.717, 1.165) is 17.0 Å². The van der Waals surface area contributed by atoms with Crippen LogP contribution < -0.4 is 5.11 Å². The summed E-state index contributed by atoms with van der Waals surface area (Å²) in [6.07, 6.45) is -5.31. The van der Waals surface area contributed by atoms with Crippen LogP contribution in [0.4, 0.5) is 18.0 Å². The number of nitrogens with zero attached hydrogens (tertiary/aromatic N) is 1. The van der Waals surface area contributed by atoms with Crippen molar-refractivity contribution in [3.05, 3.63) is 35.4 Å².